The largest absolute Gasteiger partial charge is 0.390 e. The van der Waals surface area contributed by atoms with Gasteiger partial charge in [0.1, 0.15) is 0 Å². The molecule has 0 saturated carbocycles. The molecule has 3 N–H and O–H groups in total. The predicted molar refractivity (Wildman–Crippen MR) is 53.6 cm³/mol. The van der Waals surface area contributed by atoms with Crippen LogP contribution in [0.2, 0.25) is 0 Å². The average Bonchev–Trinajstić information content (AvgIpc) is 2.31. The average molecular weight is 187 g/mol. The zero-order valence-electron chi connectivity index (χ0n) is 8.45. The number of hydrogen-bond acceptors (Lipinski definition) is 4. The molecule has 0 aliphatic carbocycles. The van der Waals surface area contributed by atoms with Crippen molar-refractivity contribution in [2.24, 2.45) is 5.73 Å². The molecule has 1 saturated heterocycles. The summed E-state index contributed by atoms with van der Waals surface area (Å²) in [5.74, 6) is 0. The summed E-state index contributed by atoms with van der Waals surface area (Å²) in [6.45, 7) is 5.48. The third kappa shape index (κ3) is 4.04. The number of rotatable bonds is 3. The van der Waals surface area contributed by atoms with E-state index in [0.717, 1.165) is 32.7 Å². The van der Waals surface area contributed by atoms with Crippen molar-refractivity contribution in [3.63, 3.8) is 0 Å². The first-order valence-corrected chi connectivity index (χ1v) is 5.01. The van der Waals surface area contributed by atoms with E-state index in [9.17, 15) is 5.11 Å². The van der Waals surface area contributed by atoms with Crippen molar-refractivity contribution in [2.75, 3.05) is 46.3 Å². The monoisotopic (exact) mass is 187 g/mol. The minimum absolute atomic E-state index is 0.358. The van der Waals surface area contributed by atoms with Crippen LogP contribution in [0.3, 0.4) is 0 Å². The van der Waals surface area contributed by atoms with Gasteiger partial charge in [-0.15, -0.1) is 0 Å². The molecule has 0 spiro atoms. The molecule has 0 bridgehead atoms. The number of nitrogens with zero attached hydrogens (tertiary/aromatic N) is 2. The highest BCUT2D eigenvalue weighted by Gasteiger charge is 2.14. The summed E-state index contributed by atoms with van der Waals surface area (Å²) < 4.78 is 0. The Morgan fingerprint density at radius 2 is 2.08 bits per heavy atom. The van der Waals surface area contributed by atoms with Gasteiger partial charge >= 0.3 is 0 Å². The Hall–Kier alpha value is -0.160. The van der Waals surface area contributed by atoms with E-state index in [2.05, 4.69) is 16.8 Å². The first-order valence-electron chi connectivity index (χ1n) is 5.01. The zero-order valence-corrected chi connectivity index (χ0v) is 8.45. The molecule has 0 aromatic carbocycles. The van der Waals surface area contributed by atoms with Gasteiger partial charge in [-0.2, -0.15) is 0 Å². The maximum atomic E-state index is 9.39. The Bertz CT molecular complexity index is 143. The molecule has 13 heavy (non-hydrogen) atoms. The minimum Gasteiger partial charge on any atom is -0.390 e. The maximum absolute atomic E-state index is 9.39. The summed E-state index contributed by atoms with van der Waals surface area (Å²) in [7, 11) is 2.14. The van der Waals surface area contributed by atoms with Gasteiger partial charge < -0.3 is 15.7 Å². The fourth-order valence-corrected chi connectivity index (χ4v) is 1.66. The molecule has 1 atom stereocenters. The molecule has 1 fully saturated rings. The smallest absolute Gasteiger partial charge is 0.0789 e. The van der Waals surface area contributed by atoms with Crippen LogP contribution in [-0.4, -0.2) is 67.3 Å². The summed E-state index contributed by atoms with van der Waals surface area (Å²) in [6.07, 6.45) is 0.830. The molecule has 1 rings (SSSR count). The van der Waals surface area contributed by atoms with Gasteiger partial charge in [-0.25, -0.2) is 0 Å². The number of β-amino-alcohol motifs (C(OH)–C–C–N with tert-alkyl or cyclic N) is 1. The van der Waals surface area contributed by atoms with Crippen LogP contribution in [0.4, 0.5) is 0 Å². The van der Waals surface area contributed by atoms with E-state index in [1.165, 1.54) is 6.42 Å². The number of likely N-dealkylation sites (N-methyl/N-ethyl adjacent to an activating group) is 1. The topological polar surface area (TPSA) is 52.7 Å². The van der Waals surface area contributed by atoms with E-state index in [-0.39, 0.29) is 6.10 Å². The fraction of sp³-hybridized carbons (Fsp3) is 1.00. The molecule has 1 heterocycles. The van der Waals surface area contributed by atoms with Crippen molar-refractivity contribution in [1.82, 2.24) is 9.80 Å². The Balaban J connectivity index is 2.25. The van der Waals surface area contributed by atoms with E-state index in [1.54, 1.807) is 0 Å². The van der Waals surface area contributed by atoms with Gasteiger partial charge in [0.25, 0.3) is 0 Å². The lowest BCUT2D eigenvalue weighted by Crippen LogP contribution is -2.38. The van der Waals surface area contributed by atoms with E-state index in [4.69, 9.17) is 5.73 Å². The molecule has 0 unspecified atom stereocenters. The highest BCUT2D eigenvalue weighted by atomic mass is 16.3. The molecule has 1 aliphatic rings. The highest BCUT2D eigenvalue weighted by molar-refractivity contribution is 4.70. The van der Waals surface area contributed by atoms with Crippen molar-refractivity contribution in [1.29, 1.82) is 0 Å². The Labute approximate surface area is 80.3 Å². The molecule has 0 aromatic rings. The van der Waals surface area contributed by atoms with Crippen LogP contribution < -0.4 is 5.73 Å². The molecule has 0 radical (unpaired) electrons. The van der Waals surface area contributed by atoms with Crippen LogP contribution in [0.1, 0.15) is 6.42 Å². The molecule has 78 valence electrons. The van der Waals surface area contributed by atoms with E-state index >= 15 is 0 Å². The molecular weight excluding hydrogens is 166 g/mol. The lowest BCUT2D eigenvalue weighted by molar-refractivity contribution is 0.121. The number of aliphatic hydroxyl groups is 1. The van der Waals surface area contributed by atoms with Crippen molar-refractivity contribution in [2.45, 2.75) is 12.5 Å². The van der Waals surface area contributed by atoms with E-state index in [0.29, 0.717) is 6.54 Å². The Morgan fingerprint density at radius 3 is 2.77 bits per heavy atom. The van der Waals surface area contributed by atoms with Gasteiger partial charge in [0, 0.05) is 26.2 Å². The van der Waals surface area contributed by atoms with Gasteiger partial charge in [-0.3, -0.25) is 4.90 Å². The molecule has 4 nitrogen and oxygen atoms in total. The van der Waals surface area contributed by atoms with Crippen LogP contribution in [-0.2, 0) is 0 Å². The van der Waals surface area contributed by atoms with Crippen molar-refractivity contribution in [3.8, 4) is 0 Å². The van der Waals surface area contributed by atoms with Crippen LogP contribution in [0.15, 0.2) is 0 Å². The molecule has 1 aliphatic heterocycles. The molecule has 4 heteroatoms. The summed E-state index contributed by atoms with van der Waals surface area (Å²) in [5, 5.41) is 9.39. The maximum Gasteiger partial charge on any atom is 0.0789 e. The normalized spacial score (nSPS) is 24.2. The van der Waals surface area contributed by atoms with Gasteiger partial charge in [0.2, 0.25) is 0 Å². The third-order valence-electron chi connectivity index (χ3n) is 2.55. The first kappa shape index (κ1) is 10.9. The van der Waals surface area contributed by atoms with Crippen LogP contribution in [0, 0.1) is 0 Å². The van der Waals surface area contributed by atoms with Crippen LogP contribution >= 0.6 is 0 Å². The Kier molecular flexibility index (Phi) is 4.66. The summed E-state index contributed by atoms with van der Waals surface area (Å²) >= 11 is 0. The second-order valence-corrected chi connectivity index (χ2v) is 3.85. The van der Waals surface area contributed by atoms with Gasteiger partial charge in [-0.05, 0) is 26.6 Å². The van der Waals surface area contributed by atoms with Gasteiger partial charge in [0.05, 0.1) is 6.10 Å². The van der Waals surface area contributed by atoms with Gasteiger partial charge in [0.15, 0.2) is 0 Å². The SMILES string of the molecule is CN1CCCN(C[C@@H](O)CN)CC1. The number of hydrogen-bond donors (Lipinski definition) is 2. The standard InChI is InChI=1S/C9H21N3O/c1-11-3-2-4-12(6-5-11)8-9(13)7-10/h9,13H,2-8,10H2,1H3/t9-/m0/s1. The first-order chi connectivity index (χ1) is 6.22. The molecule has 0 aromatic heterocycles. The zero-order chi connectivity index (χ0) is 9.68. The summed E-state index contributed by atoms with van der Waals surface area (Å²) in [4.78, 5) is 4.62. The third-order valence-corrected chi connectivity index (χ3v) is 2.55. The highest BCUT2D eigenvalue weighted by Crippen LogP contribution is 2.01. The van der Waals surface area contributed by atoms with E-state index < -0.39 is 0 Å². The fourth-order valence-electron chi connectivity index (χ4n) is 1.66. The molecule has 0 amide bonds. The summed E-state index contributed by atoms with van der Waals surface area (Å²) in [6, 6.07) is 0. The predicted octanol–water partition coefficient (Wildman–Crippen LogP) is -1.06. The van der Waals surface area contributed by atoms with Crippen molar-refractivity contribution >= 4 is 0 Å². The molecular formula is C9H21N3O. The lowest BCUT2D eigenvalue weighted by Gasteiger charge is -2.22. The lowest BCUT2D eigenvalue weighted by atomic mass is 10.3. The van der Waals surface area contributed by atoms with Crippen molar-refractivity contribution < 1.29 is 5.11 Å². The minimum atomic E-state index is -0.358. The van der Waals surface area contributed by atoms with Crippen LogP contribution in [0.25, 0.3) is 0 Å². The second kappa shape index (κ2) is 5.54. The number of aliphatic hydroxyl groups excluding tert-OH is 1. The Morgan fingerprint density at radius 1 is 1.31 bits per heavy atom. The van der Waals surface area contributed by atoms with Gasteiger partial charge in [-0.1, -0.05) is 0 Å². The van der Waals surface area contributed by atoms with Crippen LogP contribution in [0.5, 0.6) is 0 Å². The number of nitrogens with two attached hydrogens (primary N) is 1. The van der Waals surface area contributed by atoms with E-state index in [1.807, 2.05) is 0 Å². The quantitative estimate of drug-likeness (QED) is 0.591. The second-order valence-electron chi connectivity index (χ2n) is 3.85. The summed E-state index contributed by atoms with van der Waals surface area (Å²) in [5.41, 5.74) is 5.37. The van der Waals surface area contributed by atoms with Crippen molar-refractivity contribution in [3.05, 3.63) is 0 Å².